The summed E-state index contributed by atoms with van der Waals surface area (Å²) in [5.74, 6) is -1.51. The Morgan fingerprint density at radius 2 is 1.59 bits per heavy atom. The van der Waals surface area contributed by atoms with Crippen LogP contribution < -0.4 is 16.4 Å². The largest absolute Gasteiger partial charge is 0.508 e. The lowest BCUT2D eigenvalue weighted by atomic mass is 9.90. The fourth-order valence-corrected chi connectivity index (χ4v) is 5.30. The van der Waals surface area contributed by atoms with E-state index in [4.69, 9.17) is 36.4 Å². The van der Waals surface area contributed by atoms with Gasteiger partial charge in [-0.2, -0.15) is 0 Å². The molecule has 3 amide bonds. The van der Waals surface area contributed by atoms with Crippen LogP contribution in [0.2, 0.25) is 0 Å². The summed E-state index contributed by atoms with van der Waals surface area (Å²) in [6.45, 7) is 12.8. The van der Waals surface area contributed by atoms with Gasteiger partial charge in [0, 0.05) is 64.3 Å². The van der Waals surface area contributed by atoms with Crippen molar-refractivity contribution in [2.75, 3.05) is 79.6 Å². The van der Waals surface area contributed by atoms with Crippen molar-refractivity contribution in [3.8, 4) is 5.75 Å². The van der Waals surface area contributed by atoms with Gasteiger partial charge >= 0.3 is 6.17 Å². The zero-order valence-electron chi connectivity index (χ0n) is 33.0. The number of carbonyl (C=O) groups is 6. The molecule has 1 fully saturated rings. The maximum atomic E-state index is 12.3. The number of Topliss-reactive ketones (excluding diaryl/α,β-unsaturated/α-hetero) is 3. The van der Waals surface area contributed by atoms with E-state index in [1.807, 2.05) is 6.92 Å². The van der Waals surface area contributed by atoms with E-state index in [1.165, 1.54) is 18.9 Å². The molecule has 1 aromatic rings. The first-order chi connectivity index (χ1) is 26.8. The molecule has 1 aliphatic heterocycles. The van der Waals surface area contributed by atoms with E-state index in [9.17, 15) is 33.9 Å². The monoisotopic (exact) mass is 791 g/mol. The SMILES string of the molecule is CC(=O)[C@H](CO)CC(=O)[C@@H](C)Cc1ccc(O)cc1.[C-]#[N+][C@@H]1CCCN1C(=O)[C@@H](N)CCC(=O)NCCOCCOCC(=O)CCCOCCOCC(=O)NC. The Hall–Kier alpha value is -4.31. The lowest BCUT2D eigenvalue weighted by Crippen LogP contribution is -2.45. The van der Waals surface area contributed by atoms with E-state index < -0.39 is 18.1 Å². The molecule has 17 nitrogen and oxygen atoms in total. The molecule has 0 saturated carbocycles. The van der Waals surface area contributed by atoms with E-state index in [1.54, 1.807) is 24.3 Å². The van der Waals surface area contributed by atoms with E-state index in [0.29, 0.717) is 71.8 Å². The Balaban J connectivity index is 0.000000689. The van der Waals surface area contributed by atoms with Crippen molar-refractivity contribution >= 4 is 35.1 Å². The topological polar surface area (TPSA) is 237 Å². The molecule has 0 bridgehead atoms. The Morgan fingerprint density at radius 3 is 2.21 bits per heavy atom. The molecule has 1 heterocycles. The number of amides is 3. The van der Waals surface area contributed by atoms with Crippen molar-refractivity contribution in [2.24, 2.45) is 17.6 Å². The number of aromatic hydroxyl groups is 1. The van der Waals surface area contributed by atoms with Gasteiger partial charge in [0.15, 0.2) is 5.78 Å². The minimum Gasteiger partial charge on any atom is -0.508 e. The third-order valence-corrected chi connectivity index (χ3v) is 8.76. The van der Waals surface area contributed by atoms with Crippen LogP contribution in [0.5, 0.6) is 5.75 Å². The van der Waals surface area contributed by atoms with Gasteiger partial charge in [-0.25, -0.2) is 6.57 Å². The highest BCUT2D eigenvalue weighted by Crippen LogP contribution is 2.20. The van der Waals surface area contributed by atoms with Gasteiger partial charge < -0.3 is 45.5 Å². The first kappa shape index (κ1) is 49.7. The molecule has 2 rings (SSSR count). The summed E-state index contributed by atoms with van der Waals surface area (Å²) in [7, 11) is 1.54. The summed E-state index contributed by atoms with van der Waals surface area (Å²) in [5, 5.41) is 23.4. The quantitative estimate of drug-likeness (QED) is 0.0589. The van der Waals surface area contributed by atoms with Gasteiger partial charge in [-0.1, -0.05) is 19.1 Å². The minimum absolute atomic E-state index is 0.00190. The first-order valence-corrected chi connectivity index (χ1v) is 19.0. The van der Waals surface area contributed by atoms with Crippen LogP contribution in [0.4, 0.5) is 0 Å². The maximum absolute atomic E-state index is 12.3. The lowest BCUT2D eigenvalue weighted by molar-refractivity contribution is -0.133. The molecular formula is C39H61N5O12. The molecule has 1 saturated heterocycles. The van der Waals surface area contributed by atoms with Gasteiger partial charge in [-0.15, -0.1) is 0 Å². The van der Waals surface area contributed by atoms with Crippen molar-refractivity contribution in [3.63, 3.8) is 0 Å². The summed E-state index contributed by atoms with van der Waals surface area (Å²) < 4.78 is 21.1. The number of nitrogens with two attached hydrogens (primary N) is 1. The fourth-order valence-electron chi connectivity index (χ4n) is 5.30. The molecule has 1 aromatic carbocycles. The van der Waals surface area contributed by atoms with Crippen LogP contribution >= 0.6 is 0 Å². The van der Waals surface area contributed by atoms with Gasteiger partial charge in [0.25, 0.3) is 0 Å². The van der Waals surface area contributed by atoms with Gasteiger partial charge in [-0.3, -0.25) is 38.5 Å². The summed E-state index contributed by atoms with van der Waals surface area (Å²) in [6.07, 6.45) is 2.93. The van der Waals surface area contributed by atoms with Crippen molar-refractivity contribution in [2.45, 2.75) is 77.4 Å². The molecule has 1 aliphatic rings. The van der Waals surface area contributed by atoms with Gasteiger partial charge in [-0.05, 0) is 50.3 Å². The molecule has 0 aromatic heterocycles. The summed E-state index contributed by atoms with van der Waals surface area (Å²) in [5.41, 5.74) is 6.88. The predicted molar refractivity (Wildman–Crippen MR) is 205 cm³/mol. The van der Waals surface area contributed by atoms with E-state index in [0.717, 1.165) is 12.0 Å². The third-order valence-electron chi connectivity index (χ3n) is 8.76. The number of likely N-dealkylation sites (N-methyl/N-ethyl adjacent to an activating group) is 1. The number of aliphatic hydroxyl groups is 1. The molecule has 0 aliphatic carbocycles. The van der Waals surface area contributed by atoms with Crippen molar-refractivity contribution in [3.05, 3.63) is 41.2 Å². The summed E-state index contributed by atoms with van der Waals surface area (Å²) in [4.78, 5) is 75.1. The van der Waals surface area contributed by atoms with E-state index in [2.05, 4.69) is 15.5 Å². The minimum atomic E-state index is -0.794. The zero-order chi connectivity index (χ0) is 41.7. The van der Waals surface area contributed by atoms with Crippen molar-refractivity contribution in [1.29, 1.82) is 0 Å². The lowest BCUT2D eigenvalue weighted by Gasteiger charge is -2.20. The Bertz CT molecular complexity index is 1390. The van der Waals surface area contributed by atoms with Crippen molar-refractivity contribution in [1.82, 2.24) is 15.5 Å². The average molecular weight is 792 g/mol. The first-order valence-electron chi connectivity index (χ1n) is 19.0. The smallest absolute Gasteiger partial charge is 0.300 e. The third kappa shape index (κ3) is 22.3. The molecule has 56 heavy (non-hydrogen) atoms. The number of carbonyl (C=O) groups excluding carboxylic acids is 6. The Morgan fingerprint density at radius 1 is 0.946 bits per heavy atom. The molecule has 0 radical (unpaired) electrons. The number of ether oxygens (including phenoxy) is 4. The second kappa shape index (κ2) is 29.9. The molecule has 17 heteroatoms. The van der Waals surface area contributed by atoms with Crippen LogP contribution in [-0.4, -0.2) is 142 Å². The molecule has 0 unspecified atom stereocenters. The number of hydrogen-bond donors (Lipinski definition) is 5. The predicted octanol–water partition coefficient (Wildman–Crippen LogP) is 0.967. The summed E-state index contributed by atoms with van der Waals surface area (Å²) >= 11 is 0. The standard InChI is InChI=1S/C24H41N5O8.C15H20O4/c1-26-21-6-3-10-29(21)24(33)20(25)7-8-22(31)28-9-12-35-14-15-36-17-19(30)5-4-11-34-13-16-37-18-23(32)27-2;1-10(7-12-3-5-14(18)6-4-12)15(19)8-13(9-16)11(2)17/h20-21H,3-18,25H2,2H3,(H,27,32)(H,28,31);3-6,10,13,16,18H,7-9H2,1-2H3/t20-,21-;10-,13-/m00/s1. The Kier molecular flexibility index (Phi) is 26.5. The van der Waals surface area contributed by atoms with Gasteiger partial charge in [0.2, 0.25) is 17.7 Å². The highest BCUT2D eigenvalue weighted by Gasteiger charge is 2.35. The van der Waals surface area contributed by atoms with Crippen LogP contribution in [0.3, 0.4) is 0 Å². The highest BCUT2D eigenvalue weighted by molar-refractivity contribution is 5.88. The number of likely N-dealkylation sites (tertiary alicyclic amines) is 1. The van der Waals surface area contributed by atoms with Gasteiger partial charge in [0.05, 0.1) is 45.7 Å². The average Bonchev–Trinajstić information content (AvgIpc) is 3.67. The molecule has 6 N–H and O–H groups in total. The van der Waals surface area contributed by atoms with E-state index >= 15 is 0 Å². The summed E-state index contributed by atoms with van der Waals surface area (Å²) in [6, 6.07) is 5.91. The number of phenolic OH excluding ortho intramolecular Hbond substituents is 1. The number of nitrogens with one attached hydrogen (secondary N) is 2. The number of benzene rings is 1. The number of rotatable bonds is 28. The maximum Gasteiger partial charge on any atom is 0.300 e. The van der Waals surface area contributed by atoms with Crippen LogP contribution in [0.25, 0.3) is 4.85 Å². The van der Waals surface area contributed by atoms with Crippen LogP contribution in [-0.2, 0) is 54.1 Å². The van der Waals surface area contributed by atoms with Crippen LogP contribution in [0, 0.1) is 18.4 Å². The normalized spacial score (nSPS) is 15.1. The molecule has 0 spiro atoms. The number of phenols is 1. The van der Waals surface area contributed by atoms with Gasteiger partial charge in [0.1, 0.15) is 30.5 Å². The van der Waals surface area contributed by atoms with E-state index in [-0.39, 0.29) is 92.4 Å². The zero-order valence-corrected chi connectivity index (χ0v) is 33.0. The highest BCUT2D eigenvalue weighted by atomic mass is 16.5. The number of hydrogen-bond acceptors (Lipinski definition) is 13. The second-order valence-electron chi connectivity index (χ2n) is 13.4. The number of nitrogens with zero attached hydrogens (tertiary/aromatic N) is 2. The molecule has 4 atom stereocenters. The second-order valence-corrected chi connectivity index (χ2v) is 13.4. The Labute approximate surface area is 329 Å². The van der Waals surface area contributed by atoms with Crippen molar-refractivity contribution < 1.29 is 57.9 Å². The van der Waals surface area contributed by atoms with Crippen LogP contribution in [0.1, 0.15) is 64.4 Å². The number of aliphatic hydroxyl groups excluding tert-OH is 1. The number of ketones is 3. The fraction of sp³-hybridized carbons (Fsp3) is 0.667. The molecule has 314 valence electrons. The van der Waals surface area contributed by atoms with Crippen LogP contribution in [0.15, 0.2) is 24.3 Å². The molecular weight excluding hydrogens is 730 g/mol.